The van der Waals surface area contributed by atoms with Crippen LogP contribution in [0.5, 0.6) is 0 Å². The highest BCUT2D eigenvalue weighted by Gasteiger charge is 2.51. The van der Waals surface area contributed by atoms with E-state index in [1.165, 1.54) is 13.8 Å². The van der Waals surface area contributed by atoms with E-state index in [0.717, 1.165) is 0 Å². The number of esters is 2. The summed E-state index contributed by atoms with van der Waals surface area (Å²) in [7, 11) is 0. The number of amides is 2. The number of nitrogens with one attached hydrogen (secondary N) is 2. The Labute approximate surface area is 150 Å². The fourth-order valence-electron chi connectivity index (χ4n) is 2.77. The SMILES string of the molecule is CC(=O)NCCC(=O)O[C@H]1CO[C@H]2[C@@H]1OC[C@H]2OC(=O)CCNC(C)=O. The molecule has 26 heavy (non-hydrogen) atoms. The van der Waals surface area contributed by atoms with E-state index in [4.69, 9.17) is 18.9 Å². The van der Waals surface area contributed by atoms with Gasteiger partial charge in [-0.15, -0.1) is 0 Å². The Bertz CT molecular complexity index is 504. The van der Waals surface area contributed by atoms with Crippen molar-refractivity contribution in [1.29, 1.82) is 0 Å². The minimum absolute atomic E-state index is 0.0506. The lowest BCUT2D eigenvalue weighted by Crippen LogP contribution is -2.36. The average Bonchev–Trinajstić information content (AvgIpc) is 3.10. The molecule has 0 aliphatic carbocycles. The van der Waals surface area contributed by atoms with Gasteiger partial charge in [-0.25, -0.2) is 0 Å². The molecule has 10 heteroatoms. The molecule has 2 amide bonds. The molecule has 0 saturated carbocycles. The van der Waals surface area contributed by atoms with Gasteiger partial charge >= 0.3 is 11.9 Å². The molecule has 0 unspecified atom stereocenters. The predicted molar refractivity (Wildman–Crippen MR) is 85.8 cm³/mol. The molecular formula is C16H24N2O8. The van der Waals surface area contributed by atoms with Crippen LogP contribution in [0.15, 0.2) is 0 Å². The van der Waals surface area contributed by atoms with E-state index in [-0.39, 0.29) is 51.0 Å². The number of fused-ring (bicyclic) bond motifs is 1. The van der Waals surface area contributed by atoms with Gasteiger partial charge < -0.3 is 29.6 Å². The van der Waals surface area contributed by atoms with Gasteiger partial charge in [0.1, 0.15) is 12.2 Å². The summed E-state index contributed by atoms with van der Waals surface area (Å²) >= 11 is 0. The van der Waals surface area contributed by atoms with Crippen LogP contribution in [0.4, 0.5) is 0 Å². The Morgan fingerprint density at radius 2 is 1.19 bits per heavy atom. The molecule has 2 aliphatic rings. The van der Waals surface area contributed by atoms with Gasteiger partial charge in [-0.05, 0) is 0 Å². The zero-order valence-electron chi connectivity index (χ0n) is 14.8. The van der Waals surface area contributed by atoms with Gasteiger partial charge in [-0.2, -0.15) is 0 Å². The predicted octanol–water partition coefficient (Wildman–Crippen LogP) is -1.34. The van der Waals surface area contributed by atoms with Crippen molar-refractivity contribution in [1.82, 2.24) is 10.6 Å². The van der Waals surface area contributed by atoms with Gasteiger partial charge in [0, 0.05) is 26.9 Å². The second kappa shape index (κ2) is 9.48. The minimum atomic E-state index is -0.576. The molecule has 2 N–H and O–H groups in total. The summed E-state index contributed by atoms with van der Waals surface area (Å²) in [5.74, 6) is -1.37. The van der Waals surface area contributed by atoms with Gasteiger partial charge in [-0.1, -0.05) is 0 Å². The lowest BCUT2D eigenvalue weighted by molar-refractivity contribution is -0.155. The summed E-state index contributed by atoms with van der Waals surface area (Å²) in [6.45, 7) is 3.44. The van der Waals surface area contributed by atoms with E-state index in [0.29, 0.717) is 0 Å². The van der Waals surface area contributed by atoms with Crippen LogP contribution < -0.4 is 10.6 Å². The van der Waals surface area contributed by atoms with Crippen LogP contribution >= 0.6 is 0 Å². The van der Waals surface area contributed by atoms with Crippen molar-refractivity contribution in [2.24, 2.45) is 0 Å². The Balaban J connectivity index is 1.72. The molecule has 10 nitrogen and oxygen atoms in total. The van der Waals surface area contributed by atoms with Crippen LogP contribution in [0.1, 0.15) is 26.7 Å². The van der Waals surface area contributed by atoms with Crippen LogP contribution in [-0.2, 0) is 38.1 Å². The minimum Gasteiger partial charge on any atom is -0.457 e. The Morgan fingerprint density at radius 3 is 1.54 bits per heavy atom. The number of carbonyl (C=O) groups is 4. The normalized spacial score (nSPS) is 26.7. The van der Waals surface area contributed by atoms with Gasteiger partial charge in [0.05, 0.1) is 26.1 Å². The summed E-state index contributed by atoms with van der Waals surface area (Å²) in [5.41, 5.74) is 0. The maximum Gasteiger partial charge on any atom is 0.308 e. The van der Waals surface area contributed by atoms with Crippen molar-refractivity contribution in [2.75, 3.05) is 26.3 Å². The fraction of sp³-hybridized carbons (Fsp3) is 0.750. The van der Waals surface area contributed by atoms with Crippen LogP contribution in [0.3, 0.4) is 0 Å². The summed E-state index contributed by atoms with van der Waals surface area (Å²) in [5, 5.41) is 5.03. The Kier molecular flexibility index (Phi) is 7.34. The van der Waals surface area contributed by atoms with Crippen LogP contribution in [0, 0.1) is 0 Å². The van der Waals surface area contributed by atoms with Crippen LogP contribution in [-0.4, -0.2) is 74.5 Å². The quantitative estimate of drug-likeness (QED) is 0.501. The van der Waals surface area contributed by atoms with Crippen molar-refractivity contribution in [2.45, 2.75) is 51.1 Å². The standard InChI is InChI=1S/C16H24N2O8/c1-9(19)17-5-3-13(21)25-11-7-23-16-12(8-24-15(11)16)26-14(22)4-6-18-10(2)20/h11-12,15-16H,3-8H2,1-2H3,(H,17,19)(H,18,20)/t11-,12+,15-,16-/m1/s1. The molecular weight excluding hydrogens is 348 g/mol. The third kappa shape index (κ3) is 5.95. The van der Waals surface area contributed by atoms with Crippen molar-refractivity contribution in [3.05, 3.63) is 0 Å². The third-order valence-electron chi connectivity index (χ3n) is 3.93. The second-order valence-corrected chi connectivity index (χ2v) is 6.12. The Hall–Kier alpha value is -2.20. The van der Waals surface area contributed by atoms with E-state index in [9.17, 15) is 19.2 Å². The third-order valence-corrected chi connectivity index (χ3v) is 3.93. The molecule has 4 atom stereocenters. The van der Waals surface area contributed by atoms with E-state index in [1.807, 2.05) is 0 Å². The maximum atomic E-state index is 11.8. The molecule has 0 bridgehead atoms. The van der Waals surface area contributed by atoms with Gasteiger partial charge in [-0.3, -0.25) is 19.2 Å². The highest BCUT2D eigenvalue weighted by atomic mass is 16.7. The molecule has 0 aromatic carbocycles. The number of ether oxygens (including phenoxy) is 4. The molecule has 2 heterocycles. The lowest BCUT2D eigenvalue weighted by atomic mass is 10.1. The zero-order chi connectivity index (χ0) is 19.1. The number of rotatable bonds is 8. The summed E-state index contributed by atoms with van der Waals surface area (Å²) < 4.78 is 21.8. The largest absolute Gasteiger partial charge is 0.457 e. The number of hydrogen-bond acceptors (Lipinski definition) is 8. The Morgan fingerprint density at radius 1 is 0.808 bits per heavy atom. The monoisotopic (exact) mass is 372 g/mol. The second-order valence-electron chi connectivity index (χ2n) is 6.12. The van der Waals surface area contributed by atoms with Crippen molar-refractivity contribution >= 4 is 23.8 Å². The summed E-state index contributed by atoms with van der Waals surface area (Å²) in [4.78, 5) is 45.1. The zero-order valence-corrected chi connectivity index (χ0v) is 14.8. The molecule has 2 saturated heterocycles. The molecule has 2 fully saturated rings. The van der Waals surface area contributed by atoms with Crippen LogP contribution in [0.25, 0.3) is 0 Å². The van der Waals surface area contributed by atoms with E-state index in [2.05, 4.69) is 10.6 Å². The molecule has 146 valence electrons. The van der Waals surface area contributed by atoms with E-state index < -0.39 is 36.4 Å². The number of hydrogen-bond donors (Lipinski definition) is 2. The summed E-state index contributed by atoms with van der Waals surface area (Å²) in [6, 6.07) is 0. The lowest BCUT2D eigenvalue weighted by Gasteiger charge is -2.17. The van der Waals surface area contributed by atoms with Crippen molar-refractivity contribution in [3.63, 3.8) is 0 Å². The highest BCUT2D eigenvalue weighted by molar-refractivity contribution is 5.75. The molecule has 2 aliphatic heterocycles. The van der Waals surface area contributed by atoms with Crippen molar-refractivity contribution in [3.8, 4) is 0 Å². The molecule has 0 radical (unpaired) electrons. The van der Waals surface area contributed by atoms with Crippen molar-refractivity contribution < 1.29 is 38.1 Å². The fourth-order valence-corrected chi connectivity index (χ4v) is 2.77. The maximum absolute atomic E-state index is 11.8. The van der Waals surface area contributed by atoms with E-state index in [1.54, 1.807) is 0 Å². The smallest absolute Gasteiger partial charge is 0.308 e. The first-order valence-corrected chi connectivity index (χ1v) is 8.48. The van der Waals surface area contributed by atoms with Gasteiger partial charge in [0.25, 0.3) is 0 Å². The van der Waals surface area contributed by atoms with E-state index >= 15 is 0 Å². The molecule has 0 aromatic heterocycles. The first-order valence-electron chi connectivity index (χ1n) is 8.48. The topological polar surface area (TPSA) is 129 Å². The molecule has 0 spiro atoms. The number of carbonyl (C=O) groups excluding carboxylic acids is 4. The van der Waals surface area contributed by atoms with Crippen LogP contribution in [0.2, 0.25) is 0 Å². The van der Waals surface area contributed by atoms with Gasteiger partial charge in [0.15, 0.2) is 12.2 Å². The molecule has 0 aromatic rings. The average molecular weight is 372 g/mol. The summed E-state index contributed by atoms with van der Waals surface area (Å²) in [6.07, 6.45) is -2.04. The first kappa shape index (κ1) is 20.1. The molecule has 2 rings (SSSR count). The van der Waals surface area contributed by atoms with Gasteiger partial charge in [0.2, 0.25) is 11.8 Å². The highest BCUT2D eigenvalue weighted by Crippen LogP contribution is 2.30. The first-order chi connectivity index (χ1) is 12.4.